The van der Waals surface area contributed by atoms with E-state index in [4.69, 9.17) is 4.42 Å². The summed E-state index contributed by atoms with van der Waals surface area (Å²) >= 11 is 0. The standard InChI is InChI=1S/C14H13NO2/c1-10-7-11-8-12(3-4-13(11)17-10)14(15-9-16)5-2-6-14/h3-4,7-8H,2,5-6H2,1H3. The van der Waals surface area contributed by atoms with Crippen LogP contribution in [0.25, 0.3) is 11.0 Å². The second-order valence-corrected chi connectivity index (χ2v) is 4.70. The summed E-state index contributed by atoms with van der Waals surface area (Å²) in [6.07, 6.45) is 4.70. The third-order valence-corrected chi connectivity index (χ3v) is 3.62. The summed E-state index contributed by atoms with van der Waals surface area (Å²) in [7, 11) is 0. The maximum Gasteiger partial charge on any atom is 0.235 e. The van der Waals surface area contributed by atoms with Crippen LogP contribution in [0, 0.1) is 6.92 Å². The summed E-state index contributed by atoms with van der Waals surface area (Å²) in [5.41, 5.74) is 1.66. The van der Waals surface area contributed by atoms with Gasteiger partial charge in [0.15, 0.2) is 0 Å². The van der Waals surface area contributed by atoms with Gasteiger partial charge in [0.05, 0.1) is 5.54 Å². The highest BCUT2D eigenvalue weighted by molar-refractivity contribution is 5.79. The van der Waals surface area contributed by atoms with Gasteiger partial charge in [-0.25, -0.2) is 4.79 Å². The smallest absolute Gasteiger partial charge is 0.235 e. The van der Waals surface area contributed by atoms with Gasteiger partial charge in [-0.05, 0) is 49.9 Å². The van der Waals surface area contributed by atoms with E-state index in [-0.39, 0.29) is 5.54 Å². The molecule has 3 heteroatoms. The molecule has 3 rings (SSSR count). The maximum atomic E-state index is 10.5. The zero-order valence-corrected chi connectivity index (χ0v) is 9.69. The van der Waals surface area contributed by atoms with Gasteiger partial charge in [0.1, 0.15) is 11.3 Å². The van der Waals surface area contributed by atoms with Crippen LogP contribution in [-0.4, -0.2) is 6.08 Å². The lowest BCUT2D eigenvalue weighted by atomic mass is 9.72. The number of carbonyl (C=O) groups excluding carboxylic acids is 1. The monoisotopic (exact) mass is 227 g/mol. The van der Waals surface area contributed by atoms with Crippen LogP contribution in [0.4, 0.5) is 0 Å². The lowest BCUT2D eigenvalue weighted by Gasteiger charge is -2.37. The molecule has 3 nitrogen and oxygen atoms in total. The SMILES string of the molecule is Cc1cc2cc(C3(N=C=O)CCC3)ccc2o1. The zero-order chi connectivity index (χ0) is 11.9. The average Bonchev–Trinajstić information content (AvgIpc) is 2.62. The van der Waals surface area contributed by atoms with Gasteiger partial charge < -0.3 is 4.42 Å². The molecule has 0 spiro atoms. The Morgan fingerprint density at radius 3 is 2.82 bits per heavy atom. The Bertz CT molecular complexity index is 616. The second kappa shape index (κ2) is 3.57. The molecule has 0 atom stereocenters. The number of fused-ring (bicyclic) bond motifs is 1. The van der Waals surface area contributed by atoms with Gasteiger partial charge in [-0.1, -0.05) is 6.07 Å². The van der Waals surface area contributed by atoms with Crippen molar-refractivity contribution in [2.75, 3.05) is 0 Å². The van der Waals surface area contributed by atoms with Crippen molar-refractivity contribution >= 4 is 17.0 Å². The van der Waals surface area contributed by atoms with Crippen LogP contribution in [0.2, 0.25) is 0 Å². The summed E-state index contributed by atoms with van der Waals surface area (Å²) in [5.74, 6) is 0.902. The van der Waals surface area contributed by atoms with Crippen molar-refractivity contribution in [3.63, 3.8) is 0 Å². The van der Waals surface area contributed by atoms with E-state index in [1.54, 1.807) is 6.08 Å². The number of aryl methyl sites for hydroxylation is 1. The van der Waals surface area contributed by atoms with Crippen LogP contribution in [0.15, 0.2) is 33.7 Å². The summed E-state index contributed by atoms with van der Waals surface area (Å²) in [6.45, 7) is 1.93. The van der Waals surface area contributed by atoms with Crippen molar-refractivity contribution in [3.05, 3.63) is 35.6 Å². The summed E-state index contributed by atoms with van der Waals surface area (Å²) < 4.78 is 5.54. The molecule has 0 aliphatic heterocycles. The highest BCUT2D eigenvalue weighted by Gasteiger charge is 2.38. The van der Waals surface area contributed by atoms with Crippen molar-refractivity contribution in [2.45, 2.75) is 31.7 Å². The number of nitrogens with zero attached hydrogens (tertiary/aromatic N) is 1. The molecule has 1 fully saturated rings. The Balaban J connectivity index is 2.13. The lowest BCUT2D eigenvalue weighted by Crippen LogP contribution is -2.31. The van der Waals surface area contributed by atoms with E-state index in [1.165, 1.54) is 0 Å². The number of hydrogen-bond donors (Lipinski definition) is 0. The van der Waals surface area contributed by atoms with Crippen molar-refractivity contribution in [1.29, 1.82) is 0 Å². The van der Waals surface area contributed by atoms with E-state index >= 15 is 0 Å². The van der Waals surface area contributed by atoms with Gasteiger partial charge >= 0.3 is 0 Å². The van der Waals surface area contributed by atoms with Gasteiger partial charge in [0.25, 0.3) is 0 Å². The average molecular weight is 227 g/mol. The van der Waals surface area contributed by atoms with E-state index in [0.717, 1.165) is 41.6 Å². The molecule has 0 N–H and O–H groups in total. The first-order valence-electron chi connectivity index (χ1n) is 5.83. The van der Waals surface area contributed by atoms with Crippen LogP contribution in [0.5, 0.6) is 0 Å². The molecular weight excluding hydrogens is 214 g/mol. The predicted octanol–water partition coefficient (Wildman–Crippen LogP) is 3.46. The van der Waals surface area contributed by atoms with Gasteiger partial charge in [0.2, 0.25) is 6.08 Å². The van der Waals surface area contributed by atoms with Crippen molar-refractivity contribution in [2.24, 2.45) is 4.99 Å². The van der Waals surface area contributed by atoms with Gasteiger partial charge in [0, 0.05) is 5.39 Å². The number of hydrogen-bond acceptors (Lipinski definition) is 3. The molecule has 0 radical (unpaired) electrons. The molecule has 0 amide bonds. The normalized spacial score (nSPS) is 17.5. The Kier molecular flexibility index (Phi) is 2.17. The number of furan rings is 1. The van der Waals surface area contributed by atoms with E-state index in [1.807, 2.05) is 25.1 Å². The highest BCUT2D eigenvalue weighted by Crippen LogP contribution is 2.45. The van der Waals surface area contributed by atoms with E-state index in [0.29, 0.717) is 0 Å². The molecule has 2 aromatic rings. The van der Waals surface area contributed by atoms with Crippen LogP contribution < -0.4 is 0 Å². The Labute approximate surface area is 99.1 Å². The molecule has 1 aromatic carbocycles. The second-order valence-electron chi connectivity index (χ2n) is 4.70. The zero-order valence-electron chi connectivity index (χ0n) is 9.69. The highest BCUT2D eigenvalue weighted by atomic mass is 16.3. The Hall–Kier alpha value is -1.86. The minimum absolute atomic E-state index is 0.318. The van der Waals surface area contributed by atoms with Crippen LogP contribution in [-0.2, 0) is 10.3 Å². The van der Waals surface area contributed by atoms with Crippen molar-refractivity contribution in [1.82, 2.24) is 0 Å². The number of rotatable bonds is 2. The summed E-state index contributed by atoms with van der Waals surface area (Å²) in [4.78, 5) is 14.6. The molecule has 86 valence electrons. The lowest BCUT2D eigenvalue weighted by molar-refractivity contribution is 0.256. The largest absolute Gasteiger partial charge is 0.461 e. The number of benzene rings is 1. The molecule has 0 bridgehead atoms. The topological polar surface area (TPSA) is 42.6 Å². The summed E-state index contributed by atoms with van der Waals surface area (Å²) in [5, 5.41) is 1.08. The molecule has 17 heavy (non-hydrogen) atoms. The fourth-order valence-electron chi connectivity index (χ4n) is 2.53. The number of aliphatic imine (C=N–C) groups is 1. The third kappa shape index (κ3) is 1.51. The molecular formula is C14H13NO2. The first-order chi connectivity index (χ1) is 8.23. The van der Waals surface area contributed by atoms with E-state index in [2.05, 4.69) is 11.1 Å². The maximum absolute atomic E-state index is 10.5. The first-order valence-corrected chi connectivity index (χ1v) is 5.83. The fourth-order valence-corrected chi connectivity index (χ4v) is 2.53. The summed E-state index contributed by atoms with van der Waals surface area (Å²) in [6, 6.07) is 8.05. The van der Waals surface area contributed by atoms with Gasteiger partial charge in [-0.3, -0.25) is 0 Å². The van der Waals surface area contributed by atoms with E-state index in [9.17, 15) is 4.79 Å². The van der Waals surface area contributed by atoms with Gasteiger partial charge in [-0.2, -0.15) is 4.99 Å². The molecule has 0 unspecified atom stereocenters. The molecule has 1 aliphatic rings. The van der Waals surface area contributed by atoms with Crippen LogP contribution in [0.1, 0.15) is 30.6 Å². The number of isocyanates is 1. The molecule has 1 aliphatic carbocycles. The molecule has 0 saturated heterocycles. The first kappa shape index (κ1) is 10.3. The predicted molar refractivity (Wildman–Crippen MR) is 64.6 cm³/mol. The fraction of sp³-hybridized carbons (Fsp3) is 0.357. The van der Waals surface area contributed by atoms with Crippen LogP contribution in [0.3, 0.4) is 0 Å². The van der Waals surface area contributed by atoms with Gasteiger partial charge in [-0.15, -0.1) is 0 Å². The quantitative estimate of drug-likeness (QED) is 0.582. The Morgan fingerprint density at radius 2 is 2.18 bits per heavy atom. The molecule has 1 saturated carbocycles. The van der Waals surface area contributed by atoms with Crippen LogP contribution >= 0.6 is 0 Å². The van der Waals surface area contributed by atoms with Crippen molar-refractivity contribution < 1.29 is 9.21 Å². The molecule has 1 heterocycles. The Morgan fingerprint density at radius 1 is 1.35 bits per heavy atom. The molecule has 1 aromatic heterocycles. The minimum atomic E-state index is -0.318. The van der Waals surface area contributed by atoms with Crippen molar-refractivity contribution in [3.8, 4) is 0 Å². The third-order valence-electron chi connectivity index (χ3n) is 3.62. The minimum Gasteiger partial charge on any atom is -0.461 e. The van der Waals surface area contributed by atoms with E-state index < -0.39 is 0 Å².